The normalized spacial score (nSPS) is 20.1. The van der Waals surface area contributed by atoms with E-state index >= 15 is 0 Å². The molecule has 2 heterocycles. The van der Waals surface area contributed by atoms with Crippen molar-refractivity contribution in [2.45, 2.75) is 96.0 Å². The highest BCUT2D eigenvalue weighted by molar-refractivity contribution is 6.00. The van der Waals surface area contributed by atoms with Gasteiger partial charge in [0.15, 0.2) is 0 Å². The van der Waals surface area contributed by atoms with Gasteiger partial charge < -0.3 is 36.4 Å². The molecule has 2 fully saturated rings. The van der Waals surface area contributed by atoms with Crippen LogP contribution in [0.3, 0.4) is 0 Å². The van der Waals surface area contributed by atoms with E-state index in [-0.39, 0.29) is 61.8 Å². The van der Waals surface area contributed by atoms with Gasteiger partial charge in [-0.3, -0.25) is 29.3 Å². The maximum absolute atomic E-state index is 13.4. The van der Waals surface area contributed by atoms with Crippen molar-refractivity contribution >= 4 is 41.3 Å². The molecule has 248 valence electrons. The minimum Gasteiger partial charge on any atom is -0.469 e. The Morgan fingerprint density at radius 1 is 1.00 bits per heavy atom. The highest BCUT2D eigenvalue weighted by Crippen LogP contribution is 2.39. The minimum absolute atomic E-state index is 0.0636. The summed E-state index contributed by atoms with van der Waals surface area (Å²) >= 11 is 0. The van der Waals surface area contributed by atoms with E-state index in [2.05, 4.69) is 21.3 Å². The highest BCUT2D eigenvalue weighted by atomic mass is 16.5. The number of nitrogens with zero attached hydrogens (tertiary/aromatic N) is 1. The van der Waals surface area contributed by atoms with Crippen LogP contribution in [0.15, 0.2) is 24.3 Å². The average molecular weight is 631 g/mol. The number of hydrogen-bond donors (Lipinski definition) is 6. The summed E-state index contributed by atoms with van der Waals surface area (Å²) in [4.78, 5) is 77.1. The lowest BCUT2D eigenvalue weighted by molar-refractivity contribution is -0.151. The number of carbonyl (C=O) groups excluding carboxylic acids is 6. The molecule has 2 bridgehead atoms. The van der Waals surface area contributed by atoms with Crippen molar-refractivity contribution in [1.82, 2.24) is 20.9 Å². The number of methoxy groups -OCH3 is 1. The second kappa shape index (κ2) is 16.8. The Bertz CT molecular complexity index is 1210. The highest BCUT2D eigenvalue weighted by Gasteiger charge is 2.45. The van der Waals surface area contributed by atoms with Crippen LogP contribution in [0.4, 0.5) is 10.5 Å². The molecule has 3 rings (SSSR count). The SMILES string of the molecule is COC(=O)C1CC2CCC(C1)N2C(=O)CCC(=O)NC(=O)[C@@H](NC(=O)[C@H](CCCNC(N)=O)Nc1ccc(CO)cc1)C(C)C. The zero-order chi connectivity index (χ0) is 33.1. The number of urea groups is 1. The number of aliphatic hydroxyl groups is 1. The lowest BCUT2D eigenvalue weighted by Gasteiger charge is -2.38. The molecule has 45 heavy (non-hydrogen) atoms. The van der Waals surface area contributed by atoms with Crippen molar-refractivity contribution in [3.8, 4) is 0 Å². The zero-order valence-corrected chi connectivity index (χ0v) is 26.2. The number of hydrogen-bond acceptors (Lipinski definition) is 9. The fraction of sp³-hybridized carbons (Fsp3) is 0.613. The number of rotatable bonds is 15. The summed E-state index contributed by atoms with van der Waals surface area (Å²) < 4.78 is 4.88. The van der Waals surface area contributed by atoms with E-state index in [1.807, 2.05) is 0 Å². The number of fused-ring (bicyclic) bond motifs is 2. The number of nitrogens with one attached hydrogen (secondary N) is 4. The molecular formula is C31H46N6O8. The summed E-state index contributed by atoms with van der Waals surface area (Å²) in [5, 5.41) is 20.0. The van der Waals surface area contributed by atoms with Crippen molar-refractivity contribution < 1.29 is 38.6 Å². The van der Waals surface area contributed by atoms with Crippen LogP contribution in [0.1, 0.15) is 70.8 Å². The molecule has 14 nitrogen and oxygen atoms in total. The number of esters is 1. The number of primary amides is 1. The second-order valence-electron chi connectivity index (χ2n) is 12.0. The van der Waals surface area contributed by atoms with E-state index in [0.717, 1.165) is 12.8 Å². The van der Waals surface area contributed by atoms with Crippen LogP contribution in [-0.4, -0.2) is 83.5 Å². The van der Waals surface area contributed by atoms with Gasteiger partial charge in [0.2, 0.25) is 23.6 Å². The van der Waals surface area contributed by atoms with Crippen molar-refractivity contribution in [2.24, 2.45) is 17.6 Å². The van der Waals surface area contributed by atoms with Crippen LogP contribution in [0.5, 0.6) is 0 Å². The lowest BCUT2D eigenvalue weighted by Crippen LogP contribution is -2.54. The van der Waals surface area contributed by atoms with E-state index in [9.17, 15) is 33.9 Å². The lowest BCUT2D eigenvalue weighted by atomic mass is 9.90. The number of benzene rings is 1. The maximum Gasteiger partial charge on any atom is 0.312 e. The molecular weight excluding hydrogens is 584 g/mol. The van der Waals surface area contributed by atoms with Crippen molar-refractivity contribution in [2.75, 3.05) is 19.0 Å². The van der Waals surface area contributed by atoms with Crippen LogP contribution in [0.25, 0.3) is 0 Å². The number of anilines is 1. The fourth-order valence-electron chi connectivity index (χ4n) is 6.05. The summed E-state index contributed by atoms with van der Waals surface area (Å²) in [5.41, 5.74) is 6.44. The number of carbonyl (C=O) groups is 6. The van der Waals surface area contributed by atoms with Gasteiger partial charge in [-0.25, -0.2) is 4.79 Å². The summed E-state index contributed by atoms with van der Waals surface area (Å²) in [7, 11) is 1.36. The van der Waals surface area contributed by atoms with Crippen LogP contribution >= 0.6 is 0 Å². The molecule has 6 amide bonds. The van der Waals surface area contributed by atoms with Crippen molar-refractivity contribution in [1.29, 1.82) is 0 Å². The monoisotopic (exact) mass is 630 g/mol. The Labute approximate surface area is 263 Å². The van der Waals surface area contributed by atoms with E-state index in [1.165, 1.54) is 7.11 Å². The minimum atomic E-state index is -1.03. The number of aliphatic hydroxyl groups excluding tert-OH is 1. The van der Waals surface area contributed by atoms with Gasteiger partial charge in [-0.1, -0.05) is 26.0 Å². The van der Waals surface area contributed by atoms with Gasteiger partial charge in [0.25, 0.3) is 0 Å². The Hall–Kier alpha value is -4.20. The van der Waals surface area contributed by atoms with E-state index in [1.54, 1.807) is 43.0 Å². The predicted octanol–water partition coefficient (Wildman–Crippen LogP) is 0.914. The third-order valence-corrected chi connectivity index (χ3v) is 8.39. The predicted molar refractivity (Wildman–Crippen MR) is 164 cm³/mol. The molecule has 0 aliphatic carbocycles. The molecule has 1 aromatic rings. The van der Waals surface area contributed by atoms with Gasteiger partial charge in [0.1, 0.15) is 12.1 Å². The Kier molecular flexibility index (Phi) is 13.1. The van der Waals surface area contributed by atoms with Gasteiger partial charge in [-0.2, -0.15) is 0 Å². The Balaban J connectivity index is 1.56. The quantitative estimate of drug-likeness (QED) is 0.120. The third-order valence-electron chi connectivity index (χ3n) is 8.39. The third kappa shape index (κ3) is 10.2. The Morgan fingerprint density at radius 2 is 1.64 bits per heavy atom. The van der Waals surface area contributed by atoms with E-state index in [0.29, 0.717) is 36.9 Å². The molecule has 2 aliphatic heterocycles. The first-order valence-corrected chi connectivity index (χ1v) is 15.5. The molecule has 2 aliphatic rings. The first-order chi connectivity index (χ1) is 21.4. The first kappa shape index (κ1) is 35.3. The number of nitrogens with two attached hydrogens (primary N) is 1. The smallest absolute Gasteiger partial charge is 0.312 e. The van der Waals surface area contributed by atoms with Crippen LogP contribution in [0.2, 0.25) is 0 Å². The largest absolute Gasteiger partial charge is 0.469 e. The molecule has 1 aromatic carbocycles. The summed E-state index contributed by atoms with van der Waals surface area (Å²) in [6.07, 6.45) is 3.12. The number of imide groups is 1. The van der Waals surface area contributed by atoms with Crippen molar-refractivity contribution in [3.05, 3.63) is 29.8 Å². The first-order valence-electron chi connectivity index (χ1n) is 15.5. The molecule has 0 radical (unpaired) electrons. The molecule has 0 spiro atoms. The van der Waals surface area contributed by atoms with E-state index < -0.39 is 35.8 Å². The van der Waals surface area contributed by atoms with Crippen LogP contribution in [0, 0.1) is 11.8 Å². The molecule has 0 aromatic heterocycles. The molecule has 14 heteroatoms. The Morgan fingerprint density at radius 3 is 2.20 bits per heavy atom. The van der Waals surface area contributed by atoms with Gasteiger partial charge in [-0.15, -0.1) is 0 Å². The number of ether oxygens (including phenoxy) is 1. The van der Waals surface area contributed by atoms with E-state index in [4.69, 9.17) is 10.5 Å². The topological polar surface area (TPSA) is 209 Å². The summed E-state index contributed by atoms with van der Waals surface area (Å²) in [6.45, 7) is 3.59. The van der Waals surface area contributed by atoms with Gasteiger partial charge >= 0.3 is 12.0 Å². The fourth-order valence-corrected chi connectivity index (χ4v) is 6.05. The van der Waals surface area contributed by atoms with Crippen LogP contribution < -0.4 is 27.0 Å². The molecule has 0 saturated carbocycles. The average Bonchev–Trinajstić information content (AvgIpc) is 3.28. The summed E-state index contributed by atoms with van der Waals surface area (Å²) in [6, 6.07) is 4.22. The van der Waals surface area contributed by atoms with Crippen molar-refractivity contribution in [3.63, 3.8) is 0 Å². The number of amides is 6. The standard InChI is InChI=1S/C31H46N6O8/c1-18(2)27(36-28(41)24(5-4-14-33-31(32)44)34-21-8-6-19(17-38)7-9-21)29(42)35-25(39)12-13-26(40)37-22-10-11-23(37)16-20(15-22)30(43)45-3/h6-9,18,20,22-24,27,34,38H,4-5,10-17H2,1-3H3,(H,36,41)(H3,32,33,44)(H,35,39,42)/t20?,22?,23?,24-,27-/m0/s1. The molecule has 7 N–H and O–H groups in total. The van der Waals surface area contributed by atoms with Gasteiger partial charge in [0, 0.05) is 37.2 Å². The summed E-state index contributed by atoms with van der Waals surface area (Å²) in [5.74, 6) is -2.83. The zero-order valence-electron chi connectivity index (χ0n) is 26.2. The van der Waals surface area contributed by atoms with Gasteiger partial charge in [0.05, 0.1) is 19.6 Å². The number of piperidine rings is 1. The maximum atomic E-state index is 13.4. The molecule has 2 saturated heterocycles. The van der Waals surface area contributed by atoms with Gasteiger partial charge in [-0.05, 0) is 62.1 Å². The second-order valence-corrected chi connectivity index (χ2v) is 12.0. The van der Waals surface area contributed by atoms with Crippen LogP contribution in [-0.2, 0) is 35.3 Å². The molecule has 2 unspecified atom stereocenters. The molecule has 4 atom stereocenters.